The molecular weight excluding hydrogens is 286 g/mol. The normalized spacial score (nSPS) is 17.5. The Labute approximate surface area is 126 Å². The van der Waals surface area contributed by atoms with Crippen LogP contribution in [0.15, 0.2) is 24.3 Å². The Morgan fingerprint density at radius 1 is 1.43 bits per heavy atom. The molecule has 0 radical (unpaired) electrons. The number of ether oxygens (including phenoxy) is 1. The molecule has 5 nitrogen and oxygen atoms in total. The van der Waals surface area contributed by atoms with Crippen LogP contribution in [0.1, 0.15) is 10.9 Å². The topological polar surface area (TPSA) is 67.4 Å². The fourth-order valence-electron chi connectivity index (χ4n) is 2.46. The maximum atomic E-state index is 12.4. The number of rotatable bonds is 4. The first-order valence-electron chi connectivity index (χ1n) is 6.97. The summed E-state index contributed by atoms with van der Waals surface area (Å²) in [5.74, 6) is -0.800. The number of nitrogens with one attached hydrogen (secondary N) is 1. The van der Waals surface area contributed by atoms with Gasteiger partial charge in [-0.1, -0.05) is 12.1 Å². The lowest BCUT2D eigenvalue weighted by Gasteiger charge is -2.23. The number of hydrogen-bond donors (Lipinski definition) is 1. The number of quaternary nitrogens is 1. The van der Waals surface area contributed by atoms with Gasteiger partial charge in [-0.2, -0.15) is 5.26 Å². The molecule has 0 saturated carbocycles. The van der Waals surface area contributed by atoms with E-state index in [1.54, 1.807) is 0 Å². The number of benzene rings is 1. The lowest BCUT2D eigenvalue weighted by atomic mass is 10.1. The number of fused-ring (bicyclic) bond motifs is 1. The van der Waals surface area contributed by atoms with Crippen molar-refractivity contribution in [1.82, 2.24) is 4.98 Å². The summed E-state index contributed by atoms with van der Waals surface area (Å²) in [4.78, 5) is 18.0. The zero-order chi connectivity index (χ0) is 14.7. The van der Waals surface area contributed by atoms with Gasteiger partial charge >= 0.3 is 0 Å². The Bertz CT molecular complexity index is 653. The van der Waals surface area contributed by atoms with Crippen LogP contribution in [0.2, 0.25) is 0 Å². The highest BCUT2D eigenvalue weighted by Gasteiger charge is 2.28. The van der Waals surface area contributed by atoms with Gasteiger partial charge in [0, 0.05) is 0 Å². The predicted molar refractivity (Wildman–Crippen MR) is 79.4 cm³/mol. The number of nitrogens with zero attached hydrogens (tertiary/aromatic N) is 2. The van der Waals surface area contributed by atoms with E-state index >= 15 is 0 Å². The minimum Gasteiger partial charge on any atom is -0.370 e. The monoisotopic (exact) mass is 302 g/mol. The van der Waals surface area contributed by atoms with E-state index in [-0.39, 0.29) is 5.78 Å². The number of morpholine rings is 1. The summed E-state index contributed by atoms with van der Waals surface area (Å²) < 4.78 is 6.30. The number of carbonyl (C=O) groups is 1. The maximum Gasteiger partial charge on any atom is 0.210 e. The Hall–Kier alpha value is -1.81. The molecule has 0 bridgehead atoms. The minimum atomic E-state index is -0.752. The Kier molecular flexibility index (Phi) is 4.25. The summed E-state index contributed by atoms with van der Waals surface area (Å²) in [5, 5.41) is 9.97. The molecule has 0 aliphatic carbocycles. The average molecular weight is 302 g/mol. The number of Topliss-reactive ketones (excluding diaryl/α,β-unsaturated/α-hetero) is 1. The van der Waals surface area contributed by atoms with Crippen molar-refractivity contribution in [2.75, 3.05) is 32.8 Å². The molecule has 1 aromatic carbocycles. The molecule has 0 amide bonds. The van der Waals surface area contributed by atoms with Crippen LogP contribution in [0.3, 0.4) is 0 Å². The highest BCUT2D eigenvalue weighted by Crippen LogP contribution is 2.27. The summed E-state index contributed by atoms with van der Waals surface area (Å²) >= 11 is 1.43. The summed E-state index contributed by atoms with van der Waals surface area (Å²) in [6.45, 7) is 3.38. The molecule has 2 aromatic rings. The minimum absolute atomic E-state index is 0.0477. The van der Waals surface area contributed by atoms with Crippen molar-refractivity contribution >= 4 is 27.3 Å². The van der Waals surface area contributed by atoms with Crippen LogP contribution in [-0.2, 0) is 9.53 Å². The summed E-state index contributed by atoms with van der Waals surface area (Å²) in [6, 6.07) is 9.83. The number of hydrogen-bond acceptors (Lipinski definition) is 5. The zero-order valence-electron chi connectivity index (χ0n) is 11.5. The van der Waals surface area contributed by atoms with Gasteiger partial charge in [0.05, 0.1) is 29.5 Å². The standard InChI is InChI=1S/C15H15N3O2S/c16-9-11(13(19)10-18-5-7-20-8-6-18)15-17-12-3-1-2-4-14(12)21-15/h1-4,11H,5-8,10H2/p+1/t11-/m1/s1. The van der Waals surface area contributed by atoms with Crippen molar-refractivity contribution in [2.45, 2.75) is 5.92 Å². The summed E-state index contributed by atoms with van der Waals surface area (Å²) in [6.07, 6.45) is 0. The van der Waals surface area contributed by atoms with Gasteiger partial charge in [-0.25, -0.2) is 4.98 Å². The van der Waals surface area contributed by atoms with Crippen LogP contribution in [0.4, 0.5) is 0 Å². The maximum absolute atomic E-state index is 12.4. The Morgan fingerprint density at radius 2 is 2.19 bits per heavy atom. The molecular formula is C15H16N3O2S+. The third-order valence-corrected chi connectivity index (χ3v) is 4.73. The van der Waals surface area contributed by atoms with Crippen LogP contribution in [-0.4, -0.2) is 43.6 Å². The van der Waals surface area contributed by atoms with Gasteiger partial charge in [-0.05, 0) is 12.1 Å². The second kappa shape index (κ2) is 6.31. The molecule has 1 saturated heterocycles. The highest BCUT2D eigenvalue weighted by atomic mass is 32.1. The van der Waals surface area contributed by atoms with E-state index in [0.29, 0.717) is 24.8 Å². The quantitative estimate of drug-likeness (QED) is 0.887. The molecule has 6 heteroatoms. The number of aromatic nitrogens is 1. The molecule has 3 rings (SSSR count). The molecule has 1 N–H and O–H groups in total. The van der Waals surface area contributed by atoms with E-state index < -0.39 is 5.92 Å². The van der Waals surface area contributed by atoms with E-state index in [0.717, 1.165) is 23.3 Å². The molecule has 1 aromatic heterocycles. The van der Waals surface area contributed by atoms with Crippen molar-refractivity contribution in [3.8, 4) is 6.07 Å². The largest absolute Gasteiger partial charge is 0.370 e. The smallest absolute Gasteiger partial charge is 0.210 e. The van der Waals surface area contributed by atoms with Crippen molar-refractivity contribution in [1.29, 1.82) is 5.26 Å². The van der Waals surface area contributed by atoms with Gasteiger partial charge < -0.3 is 9.64 Å². The van der Waals surface area contributed by atoms with Crippen molar-refractivity contribution in [3.05, 3.63) is 29.3 Å². The first-order chi connectivity index (χ1) is 10.3. The van der Waals surface area contributed by atoms with Crippen LogP contribution in [0.25, 0.3) is 10.2 Å². The summed E-state index contributed by atoms with van der Waals surface area (Å²) in [7, 11) is 0. The first-order valence-corrected chi connectivity index (χ1v) is 7.78. The second-order valence-corrected chi connectivity index (χ2v) is 6.15. The van der Waals surface area contributed by atoms with Gasteiger partial charge in [-0.3, -0.25) is 4.79 Å². The van der Waals surface area contributed by atoms with Gasteiger partial charge in [0.25, 0.3) is 0 Å². The molecule has 2 heterocycles. The fourth-order valence-corrected chi connectivity index (χ4v) is 3.50. The molecule has 0 unspecified atom stereocenters. The van der Waals surface area contributed by atoms with E-state index in [9.17, 15) is 10.1 Å². The third-order valence-electron chi connectivity index (χ3n) is 3.63. The van der Waals surface area contributed by atoms with Gasteiger partial charge in [-0.15, -0.1) is 11.3 Å². The van der Waals surface area contributed by atoms with Gasteiger partial charge in [0.15, 0.2) is 5.92 Å². The molecule has 108 valence electrons. The third kappa shape index (κ3) is 3.10. The van der Waals surface area contributed by atoms with E-state index in [1.807, 2.05) is 24.3 Å². The Balaban J connectivity index is 1.77. The zero-order valence-corrected chi connectivity index (χ0v) is 12.4. The molecule has 1 aliphatic heterocycles. The van der Waals surface area contributed by atoms with E-state index in [1.165, 1.54) is 16.2 Å². The molecule has 0 spiro atoms. The number of nitriles is 1. The molecule has 1 fully saturated rings. The van der Waals surface area contributed by atoms with Crippen molar-refractivity contribution in [3.63, 3.8) is 0 Å². The first kappa shape index (κ1) is 14.1. The number of thiazole rings is 1. The molecule has 21 heavy (non-hydrogen) atoms. The lowest BCUT2D eigenvalue weighted by molar-refractivity contribution is -0.900. The molecule has 1 atom stereocenters. The van der Waals surface area contributed by atoms with E-state index in [2.05, 4.69) is 11.1 Å². The van der Waals surface area contributed by atoms with Crippen LogP contribution >= 0.6 is 11.3 Å². The van der Waals surface area contributed by atoms with Gasteiger partial charge in [0.1, 0.15) is 24.6 Å². The fraction of sp³-hybridized carbons (Fsp3) is 0.400. The van der Waals surface area contributed by atoms with Crippen molar-refractivity contribution < 1.29 is 14.4 Å². The number of carbonyl (C=O) groups excluding carboxylic acids is 1. The van der Waals surface area contributed by atoms with Gasteiger partial charge in [0.2, 0.25) is 5.78 Å². The van der Waals surface area contributed by atoms with Crippen LogP contribution in [0.5, 0.6) is 0 Å². The average Bonchev–Trinajstić information content (AvgIpc) is 2.92. The SMILES string of the molecule is N#C[C@H](C(=O)C[NH+]1CCOCC1)c1nc2ccccc2s1. The highest BCUT2D eigenvalue weighted by molar-refractivity contribution is 7.18. The van der Waals surface area contributed by atoms with Crippen LogP contribution < -0.4 is 4.90 Å². The number of para-hydroxylation sites is 1. The van der Waals surface area contributed by atoms with Crippen LogP contribution in [0, 0.1) is 11.3 Å². The predicted octanol–water partition coefficient (Wildman–Crippen LogP) is 0.388. The molecule has 1 aliphatic rings. The second-order valence-electron chi connectivity index (χ2n) is 5.09. The van der Waals surface area contributed by atoms with Crippen molar-refractivity contribution in [2.24, 2.45) is 0 Å². The lowest BCUT2D eigenvalue weighted by Crippen LogP contribution is -3.15. The van der Waals surface area contributed by atoms with E-state index in [4.69, 9.17) is 4.74 Å². The summed E-state index contributed by atoms with van der Waals surface area (Å²) in [5.41, 5.74) is 0.851. The Morgan fingerprint density at radius 3 is 2.90 bits per heavy atom. The number of ketones is 1.